The van der Waals surface area contributed by atoms with Gasteiger partial charge in [-0.2, -0.15) is 4.98 Å². The summed E-state index contributed by atoms with van der Waals surface area (Å²) in [5.41, 5.74) is 4.79. The third-order valence-corrected chi connectivity index (χ3v) is 5.23. The summed E-state index contributed by atoms with van der Waals surface area (Å²) in [6, 6.07) is 12.6. The quantitative estimate of drug-likeness (QED) is 0.660. The number of aryl methyl sites for hydroxylation is 3. The van der Waals surface area contributed by atoms with E-state index in [4.69, 9.17) is 11.6 Å². The third kappa shape index (κ3) is 3.58. The third-order valence-electron chi connectivity index (χ3n) is 4.91. The van der Waals surface area contributed by atoms with Gasteiger partial charge in [0.1, 0.15) is 0 Å². The van der Waals surface area contributed by atoms with Crippen molar-refractivity contribution in [3.8, 4) is 5.69 Å². The molecule has 144 valence electrons. The van der Waals surface area contributed by atoms with Crippen molar-refractivity contribution >= 4 is 23.2 Å². The normalized spacial score (nSPS) is 10.8. The van der Waals surface area contributed by atoms with Crippen molar-refractivity contribution in [1.29, 1.82) is 0 Å². The van der Waals surface area contributed by atoms with Gasteiger partial charge in [0.25, 0.3) is 5.91 Å². The van der Waals surface area contributed by atoms with Crippen molar-refractivity contribution in [2.45, 2.75) is 27.7 Å². The minimum atomic E-state index is -0.424. The van der Waals surface area contributed by atoms with Crippen LogP contribution in [0.3, 0.4) is 0 Å². The molecule has 0 fully saturated rings. The number of halogens is 1. The van der Waals surface area contributed by atoms with E-state index in [1.807, 2.05) is 39.0 Å². The summed E-state index contributed by atoms with van der Waals surface area (Å²) >= 11 is 6.35. The maximum absolute atomic E-state index is 13.1. The van der Waals surface area contributed by atoms with Crippen molar-refractivity contribution in [3.05, 3.63) is 86.0 Å². The standard InChI is InChI=1S/C22H22ClN3O2/c1-13-7-6-8-19(16(13)4)25(5)21(27)17-9-10-18(23)20(12-17)26-15(3)11-14(2)24-22(26)28/h6-12H,1-5H3. The molecule has 0 aliphatic heterocycles. The van der Waals surface area contributed by atoms with Gasteiger partial charge in [-0.1, -0.05) is 23.7 Å². The van der Waals surface area contributed by atoms with Crippen LogP contribution in [0.25, 0.3) is 5.69 Å². The fraction of sp³-hybridized carbons (Fsp3) is 0.227. The topological polar surface area (TPSA) is 55.2 Å². The van der Waals surface area contributed by atoms with E-state index in [0.717, 1.165) is 16.8 Å². The molecule has 6 heteroatoms. The molecule has 0 radical (unpaired) electrons. The molecule has 0 unspecified atom stereocenters. The number of carbonyl (C=O) groups excluding carboxylic acids is 1. The van der Waals surface area contributed by atoms with E-state index < -0.39 is 5.69 Å². The van der Waals surface area contributed by atoms with Crippen LogP contribution in [-0.2, 0) is 0 Å². The lowest BCUT2D eigenvalue weighted by Gasteiger charge is -2.21. The largest absolute Gasteiger partial charge is 0.352 e. The monoisotopic (exact) mass is 395 g/mol. The maximum atomic E-state index is 13.1. The summed E-state index contributed by atoms with van der Waals surface area (Å²) in [5.74, 6) is -0.183. The number of amides is 1. The lowest BCUT2D eigenvalue weighted by Crippen LogP contribution is -2.28. The van der Waals surface area contributed by atoms with Gasteiger partial charge in [0.05, 0.1) is 10.7 Å². The van der Waals surface area contributed by atoms with Crippen molar-refractivity contribution in [2.24, 2.45) is 0 Å². The van der Waals surface area contributed by atoms with Crippen LogP contribution in [0.15, 0.2) is 47.3 Å². The molecule has 0 saturated heterocycles. The number of nitrogens with zero attached hydrogens (tertiary/aromatic N) is 3. The zero-order valence-electron chi connectivity index (χ0n) is 16.6. The van der Waals surface area contributed by atoms with Gasteiger partial charge in [0, 0.05) is 29.7 Å². The minimum absolute atomic E-state index is 0.183. The van der Waals surface area contributed by atoms with Crippen molar-refractivity contribution in [1.82, 2.24) is 9.55 Å². The Hall–Kier alpha value is -2.92. The first-order valence-electron chi connectivity index (χ1n) is 8.92. The molecule has 1 amide bonds. The summed E-state index contributed by atoms with van der Waals surface area (Å²) < 4.78 is 1.42. The van der Waals surface area contributed by atoms with Crippen LogP contribution in [-0.4, -0.2) is 22.5 Å². The highest BCUT2D eigenvalue weighted by Gasteiger charge is 2.18. The minimum Gasteiger partial charge on any atom is -0.311 e. The molecular weight excluding hydrogens is 374 g/mol. The molecule has 5 nitrogen and oxygen atoms in total. The first kappa shape index (κ1) is 19.8. The zero-order valence-corrected chi connectivity index (χ0v) is 17.3. The second-order valence-electron chi connectivity index (χ2n) is 6.91. The fourth-order valence-electron chi connectivity index (χ4n) is 3.26. The number of carbonyl (C=O) groups is 1. The first-order valence-corrected chi connectivity index (χ1v) is 9.30. The Balaban J connectivity index is 2.08. The number of rotatable bonds is 3. The Bertz CT molecular complexity index is 1140. The molecule has 0 atom stereocenters. The van der Waals surface area contributed by atoms with Crippen LogP contribution >= 0.6 is 11.6 Å². The summed E-state index contributed by atoms with van der Waals surface area (Å²) in [6.07, 6.45) is 0. The van der Waals surface area contributed by atoms with Gasteiger partial charge in [-0.05, 0) is 69.2 Å². The van der Waals surface area contributed by atoms with E-state index in [1.54, 1.807) is 43.1 Å². The van der Waals surface area contributed by atoms with Crippen LogP contribution in [0.5, 0.6) is 0 Å². The molecule has 2 aromatic carbocycles. The Morgan fingerprint density at radius 1 is 1.07 bits per heavy atom. The second-order valence-corrected chi connectivity index (χ2v) is 7.31. The van der Waals surface area contributed by atoms with Crippen LogP contribution < -0.4 is 10.6 Å². The highest BCUT2D eigenvalue weighted by molar-refractivity contribution is 6.32. The zero-order chi connectivity index (χ0) is 20.6. The second kappa shape index (κ2) is 7.60. The molecule has 28 heavy (non-hydrogen) atoms. The molecule has 3 rings (SSSR count). The number of hydrogen-bond acceptors (Lipinski definition) is 3. The van der Waals surface area contributed by atoms with Crippen molar-refractivity contribution in [3.63, 3.8) is 0 Å². The van der Waals surface area contributed by atoms with Crippen LogP contribution in [0.4, 0.5) is 5.69 Å². The fourth-order valence-corrected chi connectivity index (χ4v) is 3.47. The highest BCUT2D eigenvalue weighted by atomic mass is 35.5. The van der Waals surface area contributed by atoms with E-state index in [0.29, 0.717) is 27.7 Å². The van der Waals surface area contributed by atoms with Gasteiger partial charge in [-0.3, -0.25) is 9.36 Å². The van der Waals surface area contributed by atoms with Gasteiger partial charge < -0.3 is 4.90 Å². The Kier molecular flexibility index (Phi) is 5.38. The van der Waals surface area contributed by atoms with E-state index in [-0.39, 0.29) is 5.91 Å². The molecular formula is C22H22ClN3O2. The molecule has 0 N–H and O–H groups in total. The number of anilines is 1. The van der Waals surface area contributed by atoms with Gasteiger partial charge in [-0.25, -0.2) is 4.79 Å². The Morgan fingerprint density at radius 2 is 1.79 bits per heavy atom. The lowest BCUT2D eigenvalue weighted by molar-refractivity contribution is 0.0993. The molecule has 0 saturated carbocycles. The summed E-state index contributed by atoms with van der Waals surface area (Å²) in [5, 5.41) is 0.377. The lowest BCUT2D eigenvalue weighted by atomic mass is 10.1. The molecule has 0 aliphatic rings. The molecule has 1 aromatic heterocycles. The van der Waals surface area contributed by atoms with Crippen molar-refractivity contribution in [2.75, 3.05) is 11.9 Å². The van der Waals surface area contributed by atoms with E-state index >= 15 is 0 Å². The van der Waals surface area contributed by atoms with Crippen LogP contribution in [0.1, 0.15) is 32.9 Å². The van der Waals surface area contributed by atoms with Crippen LogP contribution in [0, 0.1) is 27.7 Å². The smallest absolute Gasteiger partial charge is 0.311 e. The molecule has 3 aromatic rings. The van der Waals surface area contributed by atoms with E-state index in [1.165, 1.54) is 4.57 Å². The Labute approximate surface area is 169 Å². The summed E-state index contributed by atoms with van der Waals surface area (Å²) in [6.45, 7) is 7.57. The molecule has 1 heterocycles. The number of benzene rings is 2. The van der Waals surface area contributed by atoms with Gasteiger partial charge in [0.2, 0.25) is 0 Å². The number of aromatic nitrogens is 2. The Morgan fingerprint density at radius 3 is 2.46 bits per heavy atom. The molecule has 0 bridgehead atoms. The van der Waals surface area contributed by atoms with Gasteiger partial charge in [0.15, 0.2) is 0 Å². The number of hydrogen-bond donors (Lipinski definition) is 0. The summed E-state index contributed by atoms with van der Waals surface area (Å²) in [7, 11) is 1.74. The van der Waals surface area contributed by atoms with Gasteiger partial charge >= 0.3 is 5.69 Å². The van der Waals surface area contributed by atoms with E-state index in [2.05, 4.69) is 4.98 Å². The van der Waals surface area contributed by atoms with Crippen LogP contribution in [0.2, 0.25) is 5.02 Å². The average Bonchev–Trinajstić information content (AvgIpc) is 2.63. The first-order chi connectivity index (χ1) is 13.2. The predicted molar refractivity (Wildman–Crippen MR) is 113 cm³/mol. The average molecular weight is 396 g/mol. The molecule has 0 spiro atoms. The van der Waals surface area contributed by atoms with Gasteiger partial charge in [-0.15, -0.1) is 0 Å². The highest BCUT2D eigenvalue weighted by Crippen LogP contribution is 2.26. The van der Waals surface area contributed by atoms with Crippen molar-refractivity contribution < 1.29 is 4.79 Å². The summed E-state index contributed by atoms with van der Waals surface area (Å²) in [4.78, 5) is 31.1. The van der Waals surface area contributed by atoms with E-state index in [9.17, 15) is 9.59 Å². The SMILES string of the molecule is Cc1cc(C)n(-c2cc(C(=O)N(C)c3cccc(C)c3C)ccc2Cl)c(=O)n1. The predicted octanol–water partition coefficient (Wildman–Crippen LogP) is 4.40. The maximum Gasteiger partial charge on any atom is 0.352 e. The molecule has 0 aliphatic carbocycles.